The van der Waals surface area contributed by atoms with Crippen LogP contribution < -0.4 is 5.32 Å². The predicted molar refractivity (Wildman–Crippen MR) is 59.7 cm³/mol. The minimum Gasteiger partial charge on any atom is -0.480 e. The van der Waals surface area contributed by atoms with Gasteiger partial charge in [0.2, 0.25) is 0 Å². The standard InChI is InChI=1S/C11H18N2O3/c1-6-8-4-9(8)16-7(2)10(13-14)11(6)15-5-12-3/h7-10,12H,4-5H2,1-3H3/t7-,8?,9?,10+/m0/s1. The van der Waals surface area contributed by atoms with Crippen molar-refractivity contribution in [3.05, 3.63) is 16.2 Å². The Bertz CT molecular complexity index is 316. The van der Waals surface area contributed by atoms with E-state index < -0.39 is 6.04 Å². The molecule has 16 heavy (non-hydrogen) atoms. The van der Waals surface area contributed by atoms with Crippen molar-refractivity contribution in [2.75, 3.05) is 13.8 Å². The molecule has 0 aromatic heterocycles. The molecule has 0 saturated heterocycles. The number of ether oxygens (including phenoxy) is 2. The van der Waals surface area contributed by atoms with Crippen molar-refractivity contribution in [2.24, 2.45) is 11.1 Å². The summed E-state index contributed by atoms with van der Waals surface area (Å²) in [7, 11) is 1.80. The summed E-state index contributed by atoms with van der Waals surface area (Å²) >= 11 is 0. The fourth-order valence-electron chi connectivity index (χ4n) is 2.24. The highest BCUT2D eigenvalue weighted by molar-refractivity contribution is 5.25. The molecular weight excluding hydrogens is 208 g/mol. The van der Waals surface area contributed by atoms with E-state index in [9.17, 15) is 4.91 Å². The van der Waals surface area contributed by atoms with Crippen LogP contribution >= 0.6 is 0 Å². The second kappa shape index (κ2) is 4.51. The van der Waals surface area contributed by atoms with Crippen molar-refractivity contribution in [1.82, 2.24) is 5.32 Å². The van der Waals surface area contributed by atoms with Gasteiger partial charge in [0.1, 0.15) is 12.5 Å². The van der Waals surface area contributed by atoms with Crippen LogP contribution in [-0.2, 0) is 9.47 Å². The highest BCUT2D eigenvalue weighted by atomic mass is 16.5. The van der Waals surface area contributed by atoms with Gasteiger partial charge in [-0.3, -0.25) is 5.32 Å². The van der Waals surface area contributed by atoms with Gasteiger partial charge in [-0.25, -0.2) is 0 Å². The number of nitrogens with zero attached hydrogens (tertiary/aromatic N) is 1. The van der Waals surface area contributed by atoms with Gasteiger partial charge >= 0.3 is 0 Å². The fraction of sp³-hybridized carbons (Fsp3) is 0.818. The zero-order chi connectivity index (χ0) is 11.7. The maximum absolute atomic E-state index is 10.9. The molecule has 2 unspecified atom stereocenters. The summed E-state index contributed by atoms with van der Waals surface area (Å²) in [5.41, 5.74) is 1.12. The molecular formula is C11H18N2O3. The van der Waals surface area contributed by atoms with Gasteiger partial charge in [-0.05, 0) is 32.9 Å². The van der Waals surface area contributed by atoms with Gasteiger partial charge in [0.15, 0.2) is 6.04 Å². The van der Waals surface area contributed by atoms with E-state index in [4.69, 9.17) is 9.47 Å². The number of hydrogen-bond donors (Lipinski definition) is 1. The third-order valence-corrected chi connectivity index (χ3v) is 3.27. The molecule has 1 saturated carbocycles. The number of rotatable bonds is 4. The average Bonchev–Trinajstić information content (AvgIpc) is 3.01. The van der Waals surface area contributed by atoms with Gasteiger partial charge in [0, 0.05) is 5.92 Å². The first-order valence-corrected chi connectivity index (χ1v) is 5.65. The zero-order valence-corrected chi connectivity index (χ0v) is 9.90. The summed E-state index contributed by atoms with van der Waals surface area (Å²) in [4.78, 5) is 10.9. The molecule has 1 N–H and O–H groups in total. The summed E-state index contributed by atoms with van der Waals surface area (Å²) in [6.07, 6.45) is 1.10. The van der Waals surface area contributed by atoms with E-state index in [-0.39, 0.29) is 12.2 Å². The molecule has 0 spiro atoms. The van der Waals surface area contributed by atoms with Gasteiger partial charge in [-0.1, -0.05) is 5.18 Å². The second-order valence-electron chi connectivity index (χ2n) is 4.46. The summed E-state index contributed by atoms with van der Waals surface area (Å²) in [6, 6.07) is -0.513. The molecule has 2 aliphatic rings. The summed E-state index contributed by atoms with van der Waals surface area (Å²) in [5.74, 6) is 1.11. The molecule has 0 radical (unpaired) electrons. The molecule has 1 fully saturated rings. The minimum atomic E-state index is -0.513. The van der Waals surface area contributed by atoms with Gasteiger partial charge in [0.25, 0.3) is 0 Å². The SMILES string of the molecule is CNCOC1=C(C)C2CC2O[C@@H](C)[C@H]1N=O. The van der Waals surface area contributed by atoms with Crippen LogP contribution in [0.4, 0.5) is 0 Å². The predicted octanol–water partition coefficient (Wildman–Crippen LogP) is 1.40. The quantitative estimate of drug-likeness (QED) is 0.581. The Morgan fingerprint density at radius 2 is 2.38 bits per heavy atom. The summed E-state index contributed by atoms with van der Waals surface area (Å²) in [5, 5.41) is 6.05. The second-order valence-corrected chi connectivity index (χ2v) is 4.46. The molecule has 0 aromatic rings. The van der Waals surface area contributed by atoms with Crippen molar-refractivity contribution in [3.8, 4) is 0 Å². The van der Waals surface area contributed by atoms with E-state index >= 15 is 0 Å². The van der Waals surface area contributed by atoms with Crippen LogP contribution in [0.5, 0.6) is 0 Å². The fourth-order valence-corrected chi connectivity index (χ4v) is 2.24. The Balaban J connectivity index is 2.22. The molecule has 0 aromatic carbocycles. The molecule has 1 aliphatic carbocycles. The van der Waals surface area contributed by atoms with Crippen molar-refractivity contribution in [1.29, 1.82) is 0 Å². The van der Waals surface area contributed by atoms with E-state index in [0.717, 1.165) is 12.0 Å². The van der Waals surface area contributed by atoms with Crippen molar-refractivity contribution >= 4 is 0 Å². The monoisotopic (exact) mass is 226 g/mol. The first kappa shape index (κ1) is 11.5. The molecule has 0 amide bonds. The van der Waals surface area contributed by atoms with Crippen LogP contribution in [0.3, 0.4) is 0 Å². The first-order valence-electron chi connectivity index (χ1n) is 5.65. The number of hydrogen-bond acceptors (Lipinski definition) is 5. The van der Waals surface area contributed by atoms with Crippen LogP contribution in [0.1, 0.15) is 20.3 Å². The van der Waals surface area contributed by atoms with Gasteiger partial charge in [-0.15, -0.1) is 4.91 Å². The lowest BCUT2D eigenvalue weighted by atomic mass is 10.1. The van der Waals surface area contributed by atoms with E-state index in [0.29, 0.717) is 18.4 Å². The summed E-state index contributed by atoms with van der Waals surface area (Å²) in [6.45, 7) is 4.28. The third-order valence-electron chi connectivity index (χ3n) is 3.27. The molecule has 2 rings (SSSR count). The Morgan fingerprint density at radius 3 is 3.00 bits per heavy atom. The number of nitroso groups, excluding NO2 is 1. The van der Waals surface area contributed by atoms with Crippen LogP contribution in [-0.4, -0.2) is 32.0 Å². The normalized spacial score (nSPS) is 37.7. The smallest absolute Gasteiger partial charge is 0.174 e. The van der Waals surface area contributed by atoms with Crippen LogP contribution in [0.15, 0.2) is 16.5 Å². The van der Waals surface area contributed by atoms with Crippen LogP contribution in [0.2, 0.25) is 0 Å². The maximum Gasteiger partial charge on any atom is 0.174 e. The molecule has 5 nitrogen and oxygen atoms in total. The van der Waals surface area contributed by atoms with Crippen LogP contribution in [0.25, 0.3) is 0 Å². The van der Waals surface area contributed by atoms with Gasteiger partial charge in [0.05, 0.1) is 12.2 Å². The minimum absolute atomic E-state index is 0.197. The van der Waals surface area contributed by atoms with E-state index in [1.807, 2.05) is 13.8 Å². The zero-order valence-electron chi connectivity index (χ0n) is 9.90. The summed E-state index contributed by atoms with van der Waals surface area (Å²) < 4.78 is 11.3. The number of fused-ring (bicyclic) bond motifs is 1. The van der Waals surface area contributed by atoms with E-state index in [2.05, 4.69) is 10.5 Å². The van der Waals surface area contributed by atoms with E-state index in [1.165, 1.54) is 0 Å². The van der Waals surface area contributed by atoms with Crippen molar-refractivity contribution in [2.45, 2.75) is 38.5 Å². The average molecular weight is 226 g/mol. The largest absolute Gasteiger partial charge is 0.480 e. The Kier molecular flexibility index (Phi) is 3.25. The molecule has 4 atom stereocenters. The molecule has 90 valence electrons. The van der Waals surface area contributed by atoms with Crippen molar-refractivity contribution in [3.63, 3.8) is 0 Å². The highest BCUT2D eigenvalue weighted by Gasteiger charge is 2.47. The molecule has 1 aliphatic heterocycles. The van der Waals surface area contributed by atoms with Gasteiger partial charge < -0.3 is 9.47 Å². The Hall–Kier alpha value is -0.940. The first-order chi connectivity index (χ1) is 7.69. The molecule has 0 bridgehead atoms. The topological polar surface area (TPSA) is 59.9 Å². The highest BCUT2D eigenvalue weighted by Crippen LogP contribution is 2.45. The van der Waals surface area contributed by atoms with Gasteiger partial charge in [-0.2, -0.15) is 0 Å². The molecule has 1 heterocycles. The number of nitrogens with one attached hydrogen (secondary N) is 1. The lowest BCUT2D eigenvalue weighted by Crippen LogP contribution is -2.28. The molecule has 5 heteroatoms. The van der Waals surface area contributed by atoms with Crippen LogP contribution in [0, 0.1) is 10.8 Å². The lowest BCUT2D eigenvalue weighted by Gasteiger charge is -2.20. The maximum atomic E-state index is 10.9. The van der Waals surface area contributed by atoms with E-state index in [1.54, 1.807) is 7.05 Å². The van der Waals surface area contributed by atoms with Crippen molar-refractivity contribution < 1.29 is 9.47 Å². The Morgan fingerprint density at radius 1 is 1.62 bits per heavy atom. The lowest BCUT2D eigenvalue weighted by molar-refractivity contribution is 0.0298. The third kappa shape index (κ3) is 1.97. The Labute approximate surface area is 95.2 Å².